The Balaban J connectivity index is 0.678. The predicted molar refractivity (Wildman–Crippen MR) is 287 cm³/mol. The number of nitrogens with zero attached hydrogens (tertiary/aromatic N) is 2. The summed E-state index contributed by atoms with van der Waals surface area (Å²) in [5, 5.41) is 5.73. The Morgan fingerprint density at radius 1 is 0.644 bits per heavy atom. The molecule has 73 heavy (non-hydrogen) atoms. The fourth-order valence-corrected chi connectivity index (χ4v) is 10.3. The van der Waals surface area contributed by atoms with Crippen molar-refractivity contribution in [1.82, 2.24) is 10.6 Å². The third-order valence-corrected chi connectivity index (χ3v) is 14.3. The minimum Gasteiger partial charge on any atom is -0.449 e. The van der Waals surface area contributed by atoms with Gasteiger partial charge in [0, 0.05) is 73.4 Å². The number of fused-ring (bicyclic) bond motifs is 3. The van der Waals surface area contributed by atoms with Gasteiger partial charge in [0.2, 0.25) is 11.6 Å². The number of carbonyl (C=O) groups is 2. The highest BCUT2D eigenvalue weighted by atomic mass is 16.6. The lowest BCUT2D eigenvalue weighted by Gasteiger charge is -2.27. The van der Waals surface area contributed by atoms with E-state index in [2.05, 4.69) is 146 Å². The molecule has 1 unspecified atom stereocenters. The molecule has 2 aliphatic heterocycles. The fourth-order valence-electron chi connectivity index (χ4n) is 10.3. The van der Waals surface area contributed by atoms with Gasteiger partial charge in [-0.3, -0.25) is 4.79 Å². The summed E-state index contributed by atoms with van der Waals surface area (Å²) in [5.74, 6) is 8.29. The van der Waals surface area contributed by atoms with Gasteiger partial charge in [-0.2, -0.15) is 4.58 Å². The van der Waals surface area contributed by atoms with Gasteiger partial charge < -0.3 is 53.4 Å². The molecule has 14 heteroatoms. The number of anilines is 1. The summed E-state index contributed by atoms with van der Waals surface area (Å²) < 4.78 is 46.6. The van der Waals surface area contributed by atoms with E-state index in [1.54, 1.807) is 0 Å². The minimum absolute atomic E-state index is 0.0503. The molecule has 0 spiro atoms. The molecule has 1 saturated carbocycles. The number of hydrogen-bond acceptors (Lipinski definition) is 11. The Morgan fingerprint density at radius 3 is 1.77 bits per heavy atom. The third kappa shape index (κ3) is 18.2. The van der Waals surface area contributed by atoms with Gasteiger partial charge in [0.25, 0.3) is 0 Å². The number of para-hydroxylation sites is 2. The Bertz CT molecular complexity index is 2190. The van der Waals surface area contributed by atoms with Crippen LogP contribution in [0.4, 0.5) is 16.2 Å². The van der Waals surface area contributed by atoms with Crippen LogP contribution in [0.3, 0.4) is 0 Å². The minimum atomic E-state index is -0.383. The molecule has 1 fully saturated rings. The Morgan fingerprint density at radius 2 is 1.18 bits per heavy atom. The fraction of sp³-hybridized carbons (Fsp3) is 0.610. The number of benzene rings is 2. The zero-order valence-electron chi connectivity index (χ0n) is 44.6. The topological polar surface area (TPSA) is 138 Å². The molecule has 6 rings (SSSR count). The molecule has 4 aliphatic rings. The van der Waals surface area contributed by atoms with E-state index in [1.165, 1.54) is 33.9 Å². The maximum atomic E-state index is 12.5. The third-order valence-electron chi connectivity index (χ3n) is 14.3. The summed E-state index contributed by atoms with van der Waals surface area (Å²) in [7, 11) is 2.15. The number of unbranched alkanes of at least 4 members (excludes halogenated alkanes) is 2. The van der Waals surface area contributed by atoms with Gasteiger partial charge in [-0.1, -0.05) is 74.9 Å². The van der Waals surface area contributed by atoms with Gasteiger partial charge in [-0.15, -0.1) is 11.8 Å². The van der Waals surface area contributed by atoms with Gasteiger partial charge in [0.15, 0.2) is 5.71 Å². The first-order chi connectivity index (χ1) is 35.6. The lowest BCUT2D eigenvalue weighted by atomic mass is 9.81. The standard InChI is InChI=1S/C59H84N4O10/c1-58(2)50-22-15-17-24-52(50)62(5)54(58)26-12-8-13-27-55-59(3,4)51-23-16-18-25-53(51)63(55)31-19-9-14-28-56(64)60-29-32-66-34-36-68-38-40-70-42-44-72-45-43-71-41-39-69-37-35-67-33-30-61-57(65)73-46-49-47-20-10-6-7-11-21-48(47)49/h8,12-13,15-18,22-27,47-49H,9-11,14,19-21,28-46H2,1-5H3,(H-,60,61,64,65)/p+1/t47-,48+,49?. The van der Waals surface area contributed by atoms with E-state index in [4.69, 9.17) is 37.9 Å². The van der Waals surface area contributed by atoms with Crippen molar-refractivity contribution in [2.45, 2.75) is 89.9 Å². The van der Waals surface area contributed by atoms with Gasteiger partial charge >= 0.3 is 6.09 Å². The number of amides is 2. The number of ether oxygens (including phenoxy) is 8. The summed E-state index contributed by atoms with van der Waals surface area (Å²) in [4.78, 5) is 27.0. The quantitative estimate of drug-likeness (QED) is 0.0298. The highest BCUT2D eigenvalue weighted by molar-refractivity contribution is 6.03. The Kier molecular flexibility index (Phi) is 24.5. The molecule has 0 bridgehead atoms. The predicted octanol–water partition coefficient (Wildman–Crippen LogP) is 8.45. The van der Waals surface area contributed by atoms with Crippen LogP contribution >= 0.6 is 0 Å². The normalized spacial score (nSPS) is 19.9. The van der Waals surface area contributed by atoms with Crippen LogP contribution in [0.1, 0.15) is 90.2 Å². The molecule has 0 saturated heterocycles. The summed E-state index contributed by atoms with van der Waals surface area (Å²) in [6.45, 7) is 17.9. The van der Waals surface area contributed by atoms with E-state index in [-0.39, 0.29) is 22.8 Å². The van der Waals surface area contributed by atoms with Crippen LogP contribution in [-0.2, 0) is 53.5 Å². The van der Waals surface area contributed by atoms with Crippen LogP contribution in [0.2, 0.25) is 0 Å². The maximum Gasteiger partial charge on any atom is 0.407 e. The number of allylic oxidation sites excluding steroid dienone is 6. The molecule has 0 radical (unpaired) electrons. The average molecular weight is 1010 g/mol. The van der Waals surface area contributed by atoms with Crippen LogP contribution in [-0.4, -0.2) is 148 Å². The van der Waals surface area contributed by atoms with Gasteiger partial charge in [0.05, 0.1) is 105 Å². The van der Waals surface area contributed by atoms with E-state index in [0.29, 0.717) is 136 Å². The SMILES string of the molecule is C[N+]1=C(/C=C/C=C/C=C2\N(CCCCCC(=O)NCCOCCOCCOCCOCCOCCOCCOCCNC(=O)OCC3[C@H]4CCC#CCC[C@@H]34)c3ccccc3C2(C)C)C(C)(C)c2ccccc21. The number of hydrogen-bond donors (Lipinski definition) is 2. The lowest BCUT2D eigenvalue weighted by Crippen LogP contribution is -2.29. The summed E-state index contributed by atoms with van der Waals surface area (Å²) in [5.41, 5.74) is 7.65. The molecule has 2 aliphatic carbocycles. The number of nitrogens with one attached hydrogen (secondary N) is 2. The first-order valence-corrected chi connectivity index (χ1v) is 26.9. The second-order valence-electron chi connectivity index (χ2n) is 20.1. The van der Waals surface area contributed by atoms with Gasteiger partial charge in [-0.05, 0) is 75.0 Å². The van der Waals surface area contributed by atoms with Gasteiger partial charge in [0.1, 0.15) is 7.05 Å². The summed E-state index contributed by atoms with van der Waals surface area (Å²) in [6, 6.07) is 17.4. The molecule has 2 aromatic rings. The molecule has 0 aromatic heterocycles. The second kappa shape index (κ2) is 31.1. The molecule has 2 N–H and O–H groups in total. The molecular formula is C59H85N4O10+. The molecule has 2 aromatic carbocycles. The van der Waals surface area contributed by atoms with E-state index in [0.717, 1.165) is 51.5 Å². The largest absolute Gasteiger partial charge is 0.449 e. The summed E-state index contributed by atoms with van der Waals surface area (Å²) >= 11 is 0. The smallest absolute Gasteiger partial charge is 0.407 e. The van der Waals surface area contributed by atoms with E-state index < -0.39 is 0 Å². The average Bonchev–Trinajstić information content (AvgIpc) is 3.91. The zero-order valence-corrected chi connectivity index (χ0v) is 44.6. The van der Waals surface area contributed by atoms with Crippen LogP contribution in [0.25, 0.3) is 0 Å². The Hall–Kier alpha value is -4.85. The lowest BCUT2D eigenvalue weighted by molar-refractivity contribution is -0.401. The molecule has 3 atom stereocenters. The molecule has 2 amide bonds. The molecule has 400 valence electrons. The van der Waals surface area contributed by atoms with Crippen molar-refractivity contribution in [2.75, 3.05) is 131 Å². The van der Waals surface area contributed by atoms with Crippen LogP contribution in [0.5, 0.6) is 0 Å². The highest BCUT2D eigenvalue weighted by Crippen LogP contribution is 2.52. The van der Waals surface area contributed by atoms with E-state index in [9.17, 15) is 9.59 Å². The van der Waals surface area contributed by atoms with Crippen LogP contribution in [0.15, 0.2) is 84.6 Å². The first kappa shape index (κ1) is 57.4. The first-order valence-electron chi connectivity index (χ1n) is 26.9. The van der Waals surface area contributed by atoms with E-state index in [1.807, 2.05) is 0 Å². The molecular weight excluding hydrogens is 925 g/mol. The van der Waals surface area contributed by atoms with Crippen molar-refractivity contribution < 1.29 is 52.1 Å². The maximum absolute atomic E-state index is 12.5. The monoisotopic (exact) mass is 1010 g/mol. The van der Waals surface area contributed by atoms with Crippen molar-refractivity contribution in [3.8, 4) is 11.8 Å². The number of carbonyl (C=O) groups excluding carboxylic acids is 2. The highest BCUT2D eigenvalue weighted by Gasteiger charge is 2.49. The zero-order chi connectivity index (χ0) is 51.6. The molecule has 2 heterocycles. The van der Waals surface area contributed by atoms with Crippen molar-refractivity contribution in [2.24, 2.45) is 17.8 Å². The second-order valence-corrected chi connectivity index (χ2v) is 20.1. The number of alkyl carbamates (subject to hydrolysis) is 1. The van der Waals surface area contributed by atoms with Gasteiger partial charge in [-0.25, -0.2) is 4.79 Å². The van der Waals surface area contributed by atoms with Crippen molar-refractivity contribution in [1.29, 1.82) is 0 Å². The van der Waals surface area contributed by atoms with Crippen LogP contribution in [0, 0.1) is 29.6 Å². The molecule has 14 nitrogen and oxygen atoms in total. The van der Waals surface area contributed by atoms with Crippen molar-refractivity contribution in [3.05, 3.63) is 95.7 Å². The van der Waals surface area contributed by atoms with E-state index >= 15 is 0 Å². The van der Waals surface area contributed by atoms with Crippen molar-refractivity contribution in [3.63, 3.8) is 0 Å². The van der Waals surface area contributed by atoms with Crippen molar-refractivity contribution >= 4 is 29.1 Å². The Labute approximate surface area is 436 Å². The summed E-state index contributed by atoms with van der Waals surface area (Å²) in [6.07, 6.45) is 18.1. The number of rotatable bonds is 35. The van der Waals surface area contributed by atoms with Crippen LogP contribution < -0.4 is 15.5 Å².